The third kappa shape index (κ3) is 15.8. The lowest BCUT2D eigenvalue weighted by Gasteiger charge is -2.16. The molecule has 30 heavy (non-hydrogen) atoms. The average molecular weight is 427 g/mol. The largest absolute Gasteiger partial charge is 0.354 e. The van der Waals surface area contributed by atoms with E-state index in [1.165, 1.54) is 65.2 Å². The molecule has 0 aliphatic rings. The highest BCUT2D eigenvalue weighted by Crippen LogP contribution is 2.10. The van der Waals surface area contributed by atoms with Crippen LogP contribution in [0.5, 0.6) is 0 Å². The Morgan fingerprint density at radius 3 is 1.67 bits per heavy atom. The molecular formula is C22H42N4O4. The van der Waals surface area contributed by atoms with Crippen molar-refractivity contribution in [2.45, 2.75) is 104 Å². The molecule has 0 heterocycles. The van der Waals surface area contributed by atoms with E-state index >= 15 is 0 Å². The van der Waals surface area contributed by atoms with E-state index in [1.54, 1.807) is 6.92 Å². The van der Waals surface area contributed by atoms with Gasteiger partial charge in [0.15, 0.2) is 0 Å². The number of rotatable bonds is 17. The van der Waals surface area contributed by atoms with Gasteiger partial charge in [0.1, 0.15) is 12.1 Å². The molecule has 0 saturated heterocycles. The zero-order valence-electron chi connectivity index (χ0n) is 19.3. The zero-order chi connectivity index (χ0) is 22.8. The van der Waals surface area contributed by atoms with Gasteiger partial charge in [-0.3, -0.25) is 19.2 Å². The van der Waals surface area contributed by atoms with Crippen LogP contribution in [0, 0.1) is 0 Å². The number of nitrogens with one attached hydrogen (secondary N) is 4. The first-order valence-corrected chi connectivity index (χ1v) is 11.4. The number of hydrogen-bond donors (Lipinski definition) is 4. The summed E-state index contributed by atoms with van der Waals surface area (Å²) in [4.78, 5) is 46.6. The number of amides is 4. The molecule has 0 fully saturated rings. The SMILES string of the molecule is CCCCCCCCCCCCNC(=O)[C@@H](C)NC(=O)CNC(=O)[C@@H](C)NC(C)=O. The fourth-order valence-corrected chi connectivity index (χ4v) is 3.03. The van der Waals surface area contributed by atoms with Gasteiger partial charge in [-0.25, -0.2) is 0 Å². The van der Waals surface area contributed by atoms with Gasteiger partial charge in [0.2, 0.25) is 23.6 Å². The predicted octanol–water partition coefficient (Wildman–Crippen LogP) is 2.17. The van der Waals surface area contributed by atoms with Gasteiger partial charge in [0.05, 0.1) is 6.54 Å². The zero-order valence-corrected chi connectivity index (χ0v) is 19.3. The molecule has 0 aliphatic heterocycles. The van der Waals surface area contributed by atoms with Crippen molar-refractivity contribution in [2.24, 2.45) is 0 Å². The Balaban J connectivity index is 3.75. The van der Waals surface area contributed by atoms with E-state index in [4.69, 9.17) is 0 Å². The van der Waals surface area contributed by atoms with Gasteiger partial charge in [-0.1, -0.05) is 64.7 Å². The first-order valence-electron chi connectivity index (χ1n) is 11.4. The van der Waals surface area contributed by atoms with Crippen LogP contribution >= 0.6 is 0 Å². The standard InChI is InChI=1S/C22H42N4O4/c1-5-6-7-8-9-10-11-12-13-14-15-23-21(29)18(3)26-20(28)16-24-22(30)17(2)25-19(4)27/h17-18H,5-16H2,1-4H3,(H,23,29)(H,24,30)(H,25,27)(H,26,28)/t17-,18-/m1/s1. The summed E-state index contributed by atoms with van der Waals surface area (Å²) in [5.41, 5.74) is 0. The lowest BCUT2D eigenvalue weighted by Crippen LogP contribution is -2.50. The normalized spacial score (nSPS) is 12.5. The summed E-state index contributed by atoms with van der Waals surface area (Å²) in [5.74, 6) is -1.48. The van der Waals surface area contributed by atoms with E-state index in [0.717, 1.165) is 12.8 Å². The molecule has 8 nitrogen and oxygen atoms in total. The summed E-state index contributed by atoms with van der Waals surface area (Å²) in [5, 5.41) is 10.2. The summed E-state index contributed by atoms with van der Waals surface area (Å²) >= 11 is 0. The summed E-state index contributed by atoms with van der Waals surface area (Å²) in [6.07, 6.45) is 12.4. The average Bonchev–Trinajstić information content (AvgIpc) is 2.69. The van der Waals surface area contributed by atoms with Crippen molar-refractivity contribution in [3.8, 4) is 0 Å². The second-order valence-electron chi connectivity index (χ2n) is 7.90. The number of carbonyl (C=O) groups excluding carboxylic acids is 4. The summed E-state index contributed by atoms with van der Waals surface area (Å²) < 4.78 is 0. The second kappa shape index (κ2) is 17.7. The maximum Gasteiger partial charge on any atom is 0.242 e. The molecule has 0 spiro atoms. The van der Waals surface area contributed by atoms with Crippen LogP contribution in [0.1, 0.15) is 91.9 Å². The first kappa shape index (κ1) is 27.9. The van der Waals surface area contributed by atoms with Gasteiger partial charge < -0.3 is 21.3 Å². The van der Waals surface area contributed by atoms with E-state index < -0.39 is 23.9 Å². The molecule has 0 saturated carbocycles. The lowest BCUT2D eigenvalue weighted by atomic mass is 10.1. The first-order chi connectivity index (χ1) is 14.3. The van der Waals surface area contributed by atoms with Crippen LogP contribution in [0.2, 0.25) is 0 Å². The fourth-order valence-electron chi connectivity index (χ4n) is 3.03. The van der Waals surface area contributed by atoms with Gasteiger partial charge in [0.25, 0.3) is 0 Å². The van der Waals surface area contributed by atoms with Crippen molar-refractivity contribution in [1.82, 2.24) is 21.3 Å². The van der Waals surface area contributed by atoms with Crippen molar-refractivity contribution in [3.63, 3.8) is 0 Å². The molecule has 0 aromatic heterocycles. The maximum atomic E-state index is 12.0. The van der Waals surface area contributed by atoms with E-state index in [0.29, 0.717) is 6.54 Å². The maximum absolute atomic E-state index is 12.0. The summed E-state index contributed by atoms with van der Waals surface area (Å²) in [7, 11) is 0. The van der Waals surface area contributed by atoms with Crippen LogP contribution in [0.15, 0.2) is 0 Å². The summed E-state index contributed by atoms with van der Waals surface area (Å²) in [6, 6.07) is -1.40. The molecule has 0 aromatic rings. The quantitative estimate of drug-likeness (QED) is 0.267. The molecule has 0 rings (SSSR count). The Hall–Kier alpha value is -2.12. The number of unbranched alkanes of at least 4 members (excludes halogenated alkanes) is 9. The van der Waals surface area contributed by atoms with Crippen LogP contribution < -0.4 is 21.3 Å². The molecule has 8 heteroatoms. The minimum Gasteiger partial charge on any atom is -0.354 e. The highest BCUT2D eigenvalue weighted by atomic mass is 16.2. The smallest absolute Gasteiger partial charge is 0.242 e. The van der Waals surface area contributed by atoms with E-state index in [-0.39, 0.29) is 18.4 Å². The molecule has 0 aliphatic carbocycles. The Kier molecular flexibility index (Phi) is 16.5. The van der Waals surface area contributed by atoms with Crippen molar-refractivity contribution in [2.75, 3.05) is 13.1 Å². The van der Waals surface area contributed by atoms with E-state index in [2.05, 4.69) is 28.2 Å². The monoisotopic (exact) mass is 426 g/mol. The van der Waals surface area contributed by atoms with Gasteiger partial charge in [-0.05, 0) is 20.3 Å². The van der Waals surface area contributed by atoms with Crippen LogP contribution in [0.25, 0.3) is 0 Å². The fraction of sp³-hybridized carbons (Fsp3) is 0.818. The second-order valence-corrected chi connectivity index (χ2v) is 7.90. The van der Waals surface area contributed by atoms with Gasteiger partial charge in [-0.15, -0.1) is 0 Å². The van der Waals surface area contributed by atoms with Gasteiger partial charge in [-0.2, -0.15) is 0 Å². The number of carbonyl (C=O) groups is 4. The molecule has 2 atom stereocenters. The molecule has 4 amide bonds. The molecule has 0 aromatic carbocycles. The van der Waals surface area contributed by atoms with Gasteiger partial charge >= 0.3 is 0 Å². The lowest BCUT2D eigenvalue weighted by molar-refractivity contribution is -0.130. The number of hydrogen-bond acceptors (Lipinski definition) is 4. The highest BCUT2D eigenvalue weighted by molar-refractivity contribution is 5.91. The minimum absolute atomic E-state index is 0.239. The molecular weight excluding hydrogens is 384 g/mol. The third-order valence-corrected chi connectivity index (χ3v) is 4.84. The Labute approximate surface area is 181 Å². The third-order valence-electron chi connectivity index (χ3n) is 4.84. The van der Waals surface area contributed by atoms with Crippen LogP contribution in [0.4, 0.5) is 0 Å². The van der Waals surface area contributed by atoms with Crippen LogP contribution in [0.3, 0.4) is 0 Å². The summed E-state index contributed by atoms with van der Waals surface area (Å²) in [6.45, 7) is 7.02. The van der Waals surface area contributed by atoms with Crippen molar-refractivity contribution < 1.29 is 19.2 Å². The highest BCUT2D eigenvalue weighted by Gasteiger charge is 2.17. The molecule has 0 radical (unpaired) electrons. The Morgan fingerprint density at radius 2 is 1.13 bits per heavy atom. The van der Waals surface area contributed by atoms with E-state index in [1.807, 2.05) is 0 Å². The molecule has 174 valence electrons. The van der Waals surface area contributed by atoms with Gasteiger partial charge in [0, 0.05) is 13.5 Å². The predicted molar refractivity (Wildman–Crippen MR) is 119 cm³/mol. The van der Waals surface area contributed by atoms with Crippen LogP contribution in [-0.2, 0) is 19.2 Å². The van der Waals surface area contributed by atoms with E-state index in [9.17, 15) is 19.2 Å². The topological polar surface area (TPSA) is 116 Å². The van der Waals surface area contributed by atoms with Crippen LogP contribution in [-0.4, -0.2) is 48.8 Å². The minimum atomic E-state index is -0.725. The van der Waals surface area contributed by atoms with Crippen molar-refractivity contribution in [1.29, 1.82) is 0 Å². The molecule has 4 N–H and O–H groups in total. The van der Waals surface area contributed by atoms with Crippen molar-refractivity contribution >= 4 is 23.6 Å². The Bertz CT molecular complexity index is 525. The Morgan fingerprint density at radius 1 is 0.667 bits per heavy atom. The molecule has 0 unspecified atom stereocenters. The molecule has 0 bridgehead atoms. The van der Waals surface area contributed by atoms with Crippen molar-refractivity contribution in [3.05, 3.63) is 0 Å².